The van der Waals surface area contributed by atoms with Gasteiger partial charge in [-0.15, -0.1) is 0 Å². The average Bonchev–Trinajstić information content (AvgIpc) is 2.33. The molecule has 1 heterocycles. The zero-order valence-corrected chi connectivity index (χ0v) is 10.0. The number of rotatable bonds is 3. The van der Waals surface area contributed by atoms with Gasteiger partial charge in [-0.25, -0.2) is 4.98 Å². The SMILES string of the molecule is COC(=O)C(C(=O)OC)c1nc(Cl)ccc1N. The summed E-state index contributed by atoms with van der Waals surface area (Å²) in [6.07, 6.45) is 0. The second kappa shape index (κ2) is 5.49. The lowest BCUT2D eigenvalue weighted by atomic mass is 10.0. The fraction of sp³-hybridized carbons (Fsp3) is 0.300. The summed E-state index contributed by atoms with van der Waals surface area (Å²) in [6, 6.07) is 2.90. The van der Waals surface area contributed by atoms with Gasteiger partial charge in [-0.2, -0.15) is 0 Å². The number of hydrogen-bond donors (Lipinski definition) is 1. The van der Waals surface area contributed by atoms with Gasteiger partial charge in [0, 0.05) is 0 Å². The Kier molecular flexibility index (Phi) is 4.28. The third kappa shape index (κ3) is 2.85. The predicted molar refractivity (Wildman–Crippen MR) is 60.4 cm³/mol. The van der Waals surface area contributed by atoms with Gasteiger partial charge in [-0.3, -0.25) is 9.59 Å². The smallest absolute Gasteiger partial charge is 0.326 e. The Bertz CT molecular complexity index is 434. The number of nitrogen functional groups attached to an aromatic ring is 1. The molecule has 0 saturated heterocycles. The first-order chi connectivity index (χ1) is 8.01. The predicted octanol–water partition coefficient (Wildman–Crippen LogP) is 0.747. The quantitative estimate of drug-likeness (QED) is 0.489. The van der Waals surface area contributed by atoms with Crippen LogP contribution in [-0.2, 0) is 19.1 Å². The molecule has 0 aliphatic carbocycles. The number of pyridine rings is 1. The fourth-order valence-electron chi connectivity index (χ4n) is 1.25. The molecule has 0 bridgehead atoms. The number of anilines is 1. The van der Waals surface area contributed by atoms with Crippen molar-refractivity contribution in [1.82, 2.24) is 4.98 Å². The summed E-state index contributed by atoms with van der Waals surface area (Å²) >= 11 is 5.69. The van der Waals surface area contributed by atoms with E-state index < -0.39 is 17.9 Å². The number of halogens is 1. The maximum atomic E-state index is 11.5. The lowest BCUT2D eigenvalue weighted by Gasteiger charge is -2.13. The maximum absolute atomic E-state index is 11.5. The first-order valence-electron chi connectivity index (χ1n) is 4.58. The largest absolute Gasteiger partial charge is 0.468 e. The molecule has 6 nitrogen and oxygen atoms in total. The highest BCUT2D eigenvalue weighted by Gasteiger charge is 2.33. The van der Waals surface area contributed by atoms with Crippen molar-refractivity contribution in [3.63, 3.8) is 0 Å². The highest BCUT2D eigenvalue weighted by molar-refractivity contribution is 6.29. The molecule has 0 radical (unpaired) electrons. The van der Waals surface area contributed by atoms with Crippen molar-refractivity contribution >= 4 is 29.2 Å². The Balaban J connectivity index is 3.26. The number of nitrogens with two attached hydrogens (primary N) is 1. The molecule has 0 atom stereocenters. The summed E-state index contributed by atoms with van der Waals surface area (Å²) in [4.78, 5) is 26.9. The van der Waals surface area contributed by atoms with E-state index in [0.29, 0.717) is 0 Å². The second-order valence-corrected chi connectivity index (χ2v) is 3.48. The molecule has 17 heavy (non-hydrogen) atoms. The van der Waals surface area contributed by atoms with E-state index >= 15 is 0 Å². The van der Waals surface area contributed by atoms with Crippen LogP contribution in [0.4, 0.5) is 5.69 Å². The Morgan fingerprint density at radius 1 is 1.29 bits per heavy atom. The number of ether oxygens (including phenoxy) is 2. The standard InChI is InChI=1S/C10H11ClN2O4/c1-16-9(14)7(10(15)17-2)8-5(12)3-4-6(11)13-8/h3-4,7H,12H2,1-2H3. The van der Waals surface area contributed by atoms with Crippen LogP contribution < -0.4 is 5.73 Å². The zero-order valence-electron chi connectivity index (χ0n) is 9.27. The molecular formula is C10H11ClN2O4. The summed E-state index contributed by atoms with van der Waals surface area (Å²) in [6.45, 7) is 0. The highest BCUT2D eigenvalue weighted by Crippen LogP contribution is 2.24. The third-order valence-electron chi connectivity index (χ3n) is 2.07. The topological polar surface area (TPSA) is 91.5 Å². The molecule has 0 saturated carbocycles. The number of methoxy groups -OCH3 is 2. The number of aromatic nitrogens is 1. The molecule has 0 aliphatic heterocycles. The maximum Gasteiger partial charge on any atom is 0.326 e. The number of nitrogens with zero attached hydrogens (tertiary/aromatic N) is 1. The molecule has 1 aromatic rings. The first kappa shape index (κ1) is 13.2. The third-order valence-corrected chi connectivity index (χ3v) is 2.28. The minimum Gasteiger partial charge on any atom is -0.468 e. The Hall–Kier alpha value is -1.82. The van der Waals surface area contributed by atoms with E-state index in [0.717, 1.165) is 14.2 Å². The second-order valence-electron chi connectivity index (χ2n) is 3.09. The van der Waals surface area contributed by atoms with Crippen LogP contribution in [0.15, 0.2) is 12.1 Å². The van der Waals surface area contributed by atoms with E-state index in [9.17, 15) is 9.59 Å². The van der Waals surface area contributed by atoms with Gasteiger partial charge >= 0.3 is 11.9 Å². The van der Waals surface area contributed by atoms with Crippen molar-refractivity contribution in [1.29, 1.82) is 0 Å². The minimum atomic E-state index is -1.33. The fourth-order valence-corrected chi connectivity index (χ4v) is 1.40. The van der Waals surface area contributed by atoms with E-state index in [2.05, 4.69) is 14.5 Å². The molecule has 0 fully saturated rings. The molecule has 0 aromatic carbocycles. The Morgan fingerprint density at radius 2 is 1.82 bits per heavy atom. The zero-order chi connectivity index (χ0) is 13.0. The Morgan fingerprint density at radius 3 is 2.29 bits per heavy atom. The molecule has 0 amide bonds. The molecule has 92 valence electrons. The summed E-state index contributed by atoms with van der Waals surface area (Å²) < 4.78 is 9.01. The first-order valence-corrected chi connectivity index (χ1v) is 4.96. The average molecular weight is 259 g/mol. The van der Waals surface area contributed by atoms with Crippen molar-refractivity contribution in [2.45, 2.75) is 5.92 Å². The minimum absolute atomic E-state index is 0.0243. The van der Waals surface area contributed by atoms with Crippen LogP contribution >= 0.6 is 11.6 Å². The van der Waals surface area contributed by atoms with Crippen molar-refractivity contribution < 1.29 is 19.1 Å². The molecule has 1 rings (SSSR count). The lowest BCUT2D eigenvalue weighted by molar-refractivity contribution is -0.154. The summed E-state index contributed by atoms with van der Waals surface area (Å²) in [5.74, 6) is -2.94. The summed E-state index contributed by atoms with van der Waals surface area (Å²) in [5, 5.41) is 0.118. The van der Waals surface area contributed by atoms with Gasteiger partial charge in [0.2, 0.25) is 0 Å². The number of carbonyl (C=O) groups excluding carboxylic acids is 2. The molecule has 7 heteroatoms. The van der Waals surface area contributed by atoms with Gasteiger partial charge in [0.05, 0.1) is 25.6 Å². The van der Waals surface area contributed by atoms with Crippen LogP contribution in [0.3, 0.4) is 0 Å². The molecule has 1 aromatic heterocycles. The molecule has 0 unspecified atom stereocenters. The van der Waals surface area contributed by atoms with Crippen LogP contribution in [0.25, 0.3) is 0 Å². The normalized spacial score (nSPS) is 10.1. The van der Waals surface area contributed by atoms with E-state index in [-0.39, 0.29) is 16.5 Å². The van der Waals surface area contributed by atoms with Crippen LogP contribution in [0.1, 0.15) is 11.6 Å². The van der Waals surface area contributed by atoms with Crippen LogP contribution in [0.2, 0.25) is 5.15 Å². The van der Waals surface area contributed by atoms with Crippen molar-refractivity contribution in [2.24, 2.45) is 0 Å². The van der Waals surface area contributed by atoms with Gasteiger partial charge in [0.15, 0.2) is 5.92 Å². The summed E-state index contributed by atoms with van der Waals surface area (Å²) in [7, 11) is 2.30. The molecule has 0 aliphatic rings. The van der Waals surface area contributed by atoms with E-state index in [1.165, 1.54) is 12.1 Å². The van der Waals surface area contributed by atoms with E-state index in [4.69, 9.17) is 17.3 Å². The number of hydrogen-bond acceptors (Lipinski definition) is 6. The van der Waals surface area contributed by atoms with Crippen LogP contribution in [-0.4, -0.2) is 31.1 Å². The molecule has 2 N–H and O–H groups in total. The number of esters is 2. The van der Waals surface area contributed by atoms with Gasteiger partial charge in [-0.1, -0.05) is 11.6 Å². The van der Waals surface area contributed by atoms with Crippen LogP contribution in [0, 0.1) is 0 Å². The van der Waals surface area contributed by atoms with Gasteiger partial charge < -0.3 is 15.2 Å². The molecular weight excluding hydrogens is 248 g/mol. The van der Waals surface area contributed by atoms with Crippen LogP contribution in [0.5, 0.6) is 0 Å². The van der Waals surface area contributed by atoms with Gasteiger partial charge in [0.25, 0.3) is 0 Å². The summed E-state index contributed by atoms with van der Waals surface area (Å²) in [5.41, 5.74) is 5.83. The molecule has 0 spiro atoms. The van der Waals surface area contributed by atoms with Crippen molar-refractivity contribution in [2.75, 3.05) is 20.0 Å². The highest BCUT2D eigenvalue weighted by atomic mass is 35.5. The Labute approximate surface area is 103 Å². The monoisotopic (exact) mass is 258 g/mol. The van der Waals surface area contributed by atoms with Gasteiger partial charge in [0.1, 0.15) is 5.15 Å². The van der Waals surface area contributed by atoms with Gasteiger partial charge in [-0.05, 0) is 12.1 Å². The van der Waals surface area contributed by atoms with Crippen molar-refractivity contribution in [3.8, 4) is 0 Å². The lowest BCUT2D eigenvalue weighted by Crippen LogP contribution is -2.26. The van der Waals surface area contributed by atoms with Crippen molar-refractivity contribution in [3.05, 3.63) is 23.0 Å². The van der Waals surface area contributed by atoms with E-state index in [1.807, 2.05) is 0 Å². The number of carbonyl (C=O) groups is 2. The van der Waals surface area contributed by atoms with E-state index in [1.54, 1.807) is 0 Å².